The van der Waals surface area contributed by atoms with Crippen LogP contribution >= 0.6 is 11.3 Å². The Morgan fingerprint density at radius 1 is 1.39 bits per heavy atom. The zero-order valence-corrected chi connectivity index (χ0v) is 11.3. The van der Waals surface area contributed by atoms with Crippen molar-refractivity contribution in [2.75, 3.05) is 0 Å². The average Bonchev–Trinajstić information content (AvgIpc) is 2.80. The number of rotatable bonds is 3. The van der Waals surface area contributed by atoms with Gasteiger partial charge in [-0.2, -0.15) is 0 Å². The summed E-state index contributed by atoms with van der Waals surface area (Å²) in [5, 5.41) is 5.76. The zero-order valence-electron chi connectivity index (χ0n) is 10.5. The van der Waals surface area contributed by atoms with Crippen LogP contribution in [0.15, 0.2) is 23.3 Å². The Hall–Kier alpha value is -1.49. The van der Waals surface area contributed by atoms with E-state index in [2.05, 4.69) is 10.3 Å². The van der Waals surface area contributed by atoms with E-state index >= 15 is 0 Å². The topological polar surface area (TPSA) is 59.1 Å². The van der Waals surface area contributed by atoms with Gasteiger partial charge in [0.05, 0.1) is 10.6 Å². The first-order valence-electron chi connectivity index (χ1n) is 6.00. The van der Waals surface area contributed by atoms with Gasteiger partial charge in [0.15, 0.2) is 11.6 Å². The van der Waals surface area contributed by atoms with Crippen LogP contribution in [0.25, 0.3) is 0 Å². The molecule has 0 spiro atoms. The lowest BCUT2D eigenvalue weighted by molar-refractivity contribution is -0.124. The smallest absolute Gasteiger partial charge is 0.168 e. The van der Waals surface area contributed by atoms with Gasteiger partial charge in [0.1, 0.15) is 0 Å². The maximum Gasteiger partial charge on any atom is 0.168 e. The number of aromatic nitrogens is 1. The van der Waals surface area contributed by atoms with Gasteiger partial charge in [-0.1, -0.05) is 0 Å². The van der Waals surface area contributed by atoms with Crippen LogP contribution in [0.1, 0.15) is 37.6 Å². The molecule has 1 saturated carbocycles. The minimum Gasteiger partial charge on any atom is -0.388 e. The number of hydrogen-bond donors (Lipinski definition) is 1. The van der Waals surface area contributed by atoms with E-state index in [0.29, 0.717) is 18.4 Å². The molecule has 1 aromatic rings. The van der Waals surface area contributed by atoms with Crippen LogP contribution in [-0.2, 0) is 9.59 Å². The van der Waals surface area contributed by atoms with Gasteiger partial charge >= 0.3 is 0 Å². The lowest BCUT2D eigenvalue weighted by Gasteiger charge is -2.20. The van der Waals surface area contributed by atoms with Crippen molar-refractivity contribution in [1.82, 2.24) is 10.3 Å². The Bertz CT molecular complexity index is 457. The first kappa shape index (κ1) is 13.0. The van der Waals surface area contributed by atoms with Gasteiger partial charge in [-0.25, -0.2) is 4.98 Å². The molecule has 0 amide bonds. The number of hydrogen-bond acceptors (Lipinski definition) is 5. The molecule has 1 aliphatic carbocycles. The molecule has 1 heterocycles. The van der Waals surface area contributed by atoms with E-state index < -0.39 is 0 Å². The zero-order chi connectivity index (χ0) is 13.1. The summed E-state index contributed by atoms with van der Waals surface area (Å²) < 4.78 is 0. The summed E-state index contributed by atoms with van der Waals surface area (Å²) in [6.45, 7) is 3.93. The van der Waals surface area contributed by atoms with Crippen LogP contribution < -0.4 is 5.32 Å². The van der Waals surface area contributed by atoms with Crippen molar-refractivity contribution in [2.24, 2.45) is 0 Å². The molecule has 5 heteroatoms. The molecule has 0 unspecified atom stereocenters. The minimum absolute atomic E-state index is 0.0406. The second-order valence-electron chi connectivity index (χ2n) is 4.70. The molecule has 1 aliphatic rings. The lowest BCUT2D eigenvalue weighted by Crippen LogP contribution is -2.27. The van der Waals surface area contributed by atoms with Crippen molar-refractivity contribution in [1.29, 1.82) is 0 Å². The Balaban J connectivity index is 2.11. The Kier molecular flexibility index (Phi) is 3.91. The molecule has 1 N–H and O–H groups in total. The van der Waals surface area contributed by atoms with E-state index in [4.69, 9.17) is 0 Å². The normalized spacial score (nSPS) is 20.4. The first-order chi connectivity index (χ1) is 8.58. The standard InChI is InChI=1S/C13H16N2O2S/c1-8(2)15-7-10-11(16)5-9(6-12(10)17)13-14-3-4-18-13/h3-4,7-9,15H,5-6H2,1-2H3. The van der Waals surface area contributed by atoms with E-state index in [1.807, 2.05) is 19.2 Å². The maximum atomic E-state index is 12.0. The van der Waals surface area contributed by atoms with Gasteiger partial charge in [0.25, 0.3) is 0 Å². The van der Waals surface area contributed by atoms with Crippen molar-refractivity contribution in [3.8, 4) is 0 Å². The number of carbonyl (C=O) groups is 2. The fraction of sp³-hybridized carbons (Fsp3) is 0.462. The third-order valence-electron chi connectivity index (χ3n) is 2.83. The highest BCUT2D eigenvalue weighted by Crippen LogP contribution is 2.32. The Morgan fingerprint density at radius 3 is 2.56 bits per heavy atom. The summed E-state index contributed by atoms with van der Waals surface area (Å²) in [5.41, 5.74) is 0.302. The van der Waals surface area contributed by atoms with E-state index in [9.17, 15) is 9.59 Å². The van der Waals surface area contributed by atoms with E-state index in [0.717, 1.165) is 5.01 Å². The van der Waals surface area contributed by atoms with Crippen LogP contribution in [-0.4, -0.2) is 22.6 Å². The second kappa shape index (κ2) is 5.44. The van der Waals surface area contributed by atoms with Crippen LogP contribution in [0, 0.1) is 0 Å². The number of ketones is 2. The van der Waals surface area contributed by atoms with Crippen molar-refractivity contribution >= 4 is 22.9 Å². The molecule has 0 aromatic carbocycles. The van der Waals surface area contributed by atoms with Gasteiger partial charge < -0.3 is 5.32 Å². The van der Waals surface area contributed by atoms with Crippen LogP contribution in [0.2, 0.25) is 0 Å². The second-order valence-corrected chi connectivity index (χ2v) is 5.63. The molecule has 4 nitrogen and oxygen atoms in total. The van der Waals surface area contributed by atoms with Gasteiger partial charge in [0, 0.05) is 42.6 Å². The van der Waals surface area contributed by atoms with Crippen molar-refractivity contribution in [3.05, 3.63) is 28.4 Å². The van der Waals surface area contributed by atoms with Crippen molar-refractivity contribution in [2.45, 2.75) is 38.6 Å². The number of nitrogens with one attached hydrogen (secondary N) is 1. The fourth-order valence-corrected chi connectivity index (χ4v) is 2.66. The predicted octanol–water partition coefficient (Wildman–Crippen LogP) is 2.04. The van der Waals surface area contributed by atoms with E-state index in [1.54, 1.807) is 12.4 Å². The quantitative estimate of drug-likeness (QED) is 0.670. The molecule has 0 bridgehead atoms. The van der Waals surface area contributed by atoms with Crippen molar-refractivity contribution < 1.29 is 9.59 Å². The first-order valence-corrected chi connectivity index (χ1v) is 6.88. The maximum absolute atomic E-state index is 12.0. The Labute approximate surface area is 110 Å². The SMILES string of the molecule is CC(C)NC=C1C(=O)CC(c2nccs2)CC1=O. The molecule has 0 saturated heterocycles. The third kappa shape index (κ3) is 2.85. The summed E-state index contributed by atoms with van der Waals surface area (Å²) in [6.07, 6.45) is 4.03. The third-order valence-corrected chi connectivity index (χ3v) is 3.76. The lowest BCUT2D eigenvalue weighted by atomic mass is 9.84. The van der Waals surface area contributed by atoms with Gasteiger partial charge in [-0.05, 0) is 13.8 Å². The molecule has 0 radical (unpaired) electrons. The molecular formula is C13H16N2O2S. The summed E-state index contributed by atoms with van der Waals surface area (Å²) >= 11 is 1.50. The largest absolute Gasteiger partial charge is 0.388 e. The fourth-order valence-electron chi connectivity index (χ4n) is 1.92. The number of allylic oxidation sites excluding steroid dienone is 1. The highest BCUT2D eigenvalue weighted by atomic mass is 32.1. The summed E-state index contributed by atoms with van der Waals surface area (Å²) in [5.74, 6) is -0.208. The molecule has 2 rings (SSSR count). The van der Waals surface area contributed by atoms with Gasteiger partial charge in [0.2, 0.25) is 0 Å². The molecule has 0 aliphatic heterocycles. The number of Topliss-reactive ketones (excluding diaryl/α,β-unsaturated/α-hetero) is 2. The van der Waals surface area contributed by atoms with Crippen LogP contribution in [0.5, 0.6) is 0 Å². The molecule has 1 fully saturated rings. The summed E-state index contributed by atoms with van der Waals surface area (Å²) in [7, 11) is 0. The number of nitrogens with zero attached hydrogens (tertiary/aromatic N) is 1. The highest BCUT2D eigenvalue weighted by molar-refractivity contribution is 7.09. The number of thiazole rings is 1. The summed E-state index contributed by atoms with van der Waals surface area (Å²) in [6, 6.07) is 0.217. The molecule has 18 heavy (non-hydrogen) atoms. The average molecular weight is 264 g/mol. The molecule has 0 atom stereocenters. The monoisotopic (exact) mass is 264 g/mol. The molecule has 96 valence electrons. The Morgan fingerprint density at radius 2 is 2.06 bits per heavy atom. The predicted molar refractivity (Wildman–Crippen MR) is 70.5 cm³/mol. The molecular weight excluding hydrogens is 248 g/mol. The van der Waals surface area contributed by atoms with E-state index in [-0.39, 0.29) is 23.5 Å². The molecule has 1 aromatic heterocycles. The van der Waals surface area contributed by atoms with Gasteiger partial charge in [-0.3, -0.25) is 9.59 Å². The van der Waals surface area contributed by atoms with Gasteiger partial charge in [-0.15, -0.1) is 11.3 Å². The van der Waals surface area contributed by atoms with Crippen LogP contribution in [0.4, 0.5) is 0 Å². The highest BCUT2D eigenvalue weighted by Gasteiger charge is 2.32. The number of carbonyl (C=O) groups excluding carboxylic acids is 2. The summed E-state index contributed by atoms with van der Waals surface area (Å²) in [4.78, 5) is 28.1. The minimum atomic E-state index is -0.0837. The van der Waals surface area contributed by atoms with Crippen LogP contribution in [0.3, 0.4) is 0 Å². The van der Waals surface area contributed by atoms with Crippen molar-refractivity contribution in [3.63, 3.8) is 0 Å². The van der Waals surface area contributed by atoms with E-state index in [1.165, 1.54) is 11.3 Å².